The predicted octanol–water partition coefficient (Wildman–Crippen LogP) is 4.16. The monoisotopic (exact) mass is 436 g/mol. The summed E-state index contributed by atoms with van der Waals surface area (Å²) >= 11 is 0. The van der Waals surface area contributed by atoms with E-state index in [1.165, 1.54) is 4.90 Å². The van der Waals surface area contributed by atoms with E-state index in [0.29, 0.717) is 34.1 Å². The molecule has 6 atom stereocenters. The number of aromatic carboxylic acids is 1. The molecule has 1 aliphatic heterocycles. The number of allylic oxidation sites excluding steroid dienone is 2. The van der Waals surface area contributed by atoms with Crippen molar-refractivity contribution in [3.63, 3.8) is 0 Å². The largest absolute Gasteiger partial charge is 0.478 e. The first-order valence-electron chi connectivity index (χ1n) is 11.3. The van der Waals surface area contributed by atoms with Crippen molar-refractivity contribution < 1.29 is 19.5 Å². The molecule has 2 bridgehead atoms. The Morgan fingerprint density at radius 3 is 2.18 bits per heavy atom. The average molecular weight is 436 g/mol. The number of imide groups is 1. The highest BCUT2D eigenvalue weighted by atomic mass is 16.4. The molecule has 1 aromatic heterocycles. The van der Waals surface area contributed by atoms with E-state index >= 15 is 0 Å². The quantitative estimate of drug-likeness (QED) is 0.492. The van der Waals surface area contributed by atoms with Gasteiger partial charge in [0.2, 0.25) is 11.8 Å². The van der Waals surface area contributed by atoms with Crippen LogP contribution in [0.15, 0.2) is 66.7 Å². The topological polar surface area (TPSA) is 87.6 Å². The lowest BCUT2D eigenvalue weighted by molar-refractivity contribution is -0.124. The van der Waals surface area contributed by atoms with Crippen molar-refractivity contribution in [2.45, 2.75) is 6.42 Å². The van der Waals surface area contributed by atoms with E-state index < -0.39 is 5.97 Å². The van der Waals surface area contributed by atoms with E-state index in [0.717, 1.165) is 12.0 Å². The number of pyridine rings is 1. The second-order valence-corrected chi connectivity index (χ2v) is 9.59. The Labute approximate surface area is 189 Å². The third kappa shape index (κ3) is 2.49. The first-order valence-corrected chi connectivity index (χ1v) is 11.3. The fourth-order valence-corrected chi connectivity index (χ4v) is 6.49. The van der Waals surface area contributed by atoms with Crippen molar-refractivity contribution in [3.8, 4) is 11.3 Å². The number of carbonyl (C=O) groups is 3. The van der Waals surface area contributed by atoms with Crippen molar-refractivity contribution in [1.82, 2.24) is 4.98 Å². The molecular weight excluding hydrogens is 416 g/mol. The Kier molecular flexibility index (Phi) is 3.62. The standard InChI is InChI=1S/C27H20N2O4/c30-25-23-16-9-10-17(19-11-18(16)19)24(23)26(31)29(25)14-7-5-13(6-8-14)22-12-20(27(32)33)15-3-1-2-4-21(15)28-22/h1-10,12,16-19,23-24H,11H2,(H,32,33). The molecule has 0 radical (unpaired) electrons. The van der Waals surface area contributed by atoms with E-state index in [4.69, 9.17) is 0 Å². The van der Waals surface area contributed by atoms with Crippen molar-refractivity contribution in [2.24, 2.45) is 35.5 Å². The number of carboxylic acid groups (broad SMARTS) is 1. The number of hydrogen-bond donors (Lipinski definition) is 1. The van der Waals surface area contributed by atoms with Gasteiger partial charge in [0.1, 0.15) is 0 Å². The number of fused-ring (bicyclic) bond motifs is 1. The summed E-state index contributed by atoms with van der Waals surface area (Å²) in [7, 11) is 0. The number of carboxylic acids is 1. The fourth-order valence-electron chi connectivity index (χ4n) is 6.49. The summed E-state index contributed by atoms with van der Waals surface area (Å²) in [4.78, 5) is 44.4. The zero-order valence-electron chi connectivity index (χ0n) is 17.6. The van der Waals surface area contributed by atoms with Gasteiger partial charge in [-0.2, -0.15) is 0 Å². The summed E-state index contributed by atoms with van der Waals surface area (Å²) in [5.74, 6) is -0.0932. The first-order chi connectivity index (χ1) is 16.0. The number of rotatable bonds is 3. The minimum absolute atomic E-state index is 0.0838. The van der Waals surface area contributed by atoms with E-state index in [-0.39, 0.29) is 41.0 Å². The van der Waals surface area contributed by atoms with Crippen molar-refractivity contribution in [2.75, 3.05) is 4.90 Å². The van der Waals surface area contributed by atoms with E-state index in [2.05, 4.69) is 17.1 Å². The summed E-state index contributed by atoms with van der Waals surface area (Å²) < 4.78 is 0. The van der Waals surface area contributed by atoms with Gasteiger partial charge in [-0.15, -0.1) is 0 Å². The molecule has 4 aliphatic carbocycles. The molecule has 6 unspecified atom stereocenters. The van der Waals surface area contributed by atoms with Crippen LogP contribution in [0.2, 0.25) is 0 Å². The number of benzene rings is 2. The Morgan fingerprint density at radius 1 is 0.909 bits per heavy atom. The SMILES string of the molecule is O=C(O)c1cc(-c2ccc(N3C(=O)C4C5C=CC(C6CC56)C4C3=O)cc2)nc2ccccc12. The van der Waals surface area contributed by atoms with Crippen LogP contribution in [0, 0.1) is 35.5 Å². The lowest BCUT2D eigenvalue weighted by atomic mass is 9.63. The second-order valence-electron chi connectivity index (χ2n) is 9.59. The van der Waals surface area contributed by atoms with Crippen LogP contribution in [0.4, 0.5) is 5.69 Å². The summed E-state index contributed by atoms with van der Waals surface area (Å²) in [6, 6.07) is 15.8. The van der Waals surface area contributed by atoms with Crippen molar-refractivity contribution in [1.29, 1.82) is 0 Å². The van der Waals surface area contributed by atoms with E-state index in [9.17, 15) is 19.5 Å². The van der Waals surface area contributed by atoms with Gasteiger partial charge in [-0.1, -0.05) is 42.5 Å². The Hall–Kier alpha value is -3.80. The molecule has 3 aromatic rings. The zero-order valence-corrected chi connectivity index (χ0v) is 17.6. The third-order valence-electron chi connectivity index (χ3n) is 8.03. The van der Waals surface area contributed by atoms with Crippen LogP contribution < -0.4 is 4.90 Å². The summed E-state index contributed by atoms with van der Waals surface area (Å²) in [6.07, 6.45) is 5.48. The van der Waals surface area contributed by atoms with Gasteiger partial charge in [-0.05, 0) is 54.4 Å². The summed E-state index contributed by atoms with van der Waals surface area (Å²) in [6.45, 7) is 0. The highest BCUT2D eigenvalue weighted by molar-refractivity contribution is 6.22. The molecule has 2 saturated carbocycles. The van der Waals surface area contributed by atoms with Gasteiger partial charge >= 0.3 is 5.97 Å². The Balaban J connectivity index is 1.24. The van der Waals surface area contributed by atoms with Crippen LogP contribution in [0.1, 0.15) is 16.8 Å². The lowest BCUT2D eigenvalue weighted by Gasteiger charge is -2.37. The van der Waals surface area contributed by atoms with Crippen LogP contribution >= 0.6 is 0 Å². The number of aromatic nitrogens is 1. The number of para-hydroxylation sites is 1. The molecule has 3 fully saturated rings. The van der Waals surface area contributed by atoms with Crippen LogP contribution in [0.25, 0.3) is 22.2 Å². The molecule has 2 aromatic carbocycles. The van der Waals surface area contributed by atoms with E-state index in [1.54, 1.807) is 48.5 Å². The van der Waals surface area contributed by atoms with Crippen LogP contribution in [0.5, 0.6) is 0 Å². The summed E-state index contributed by atoms with van der Waals surface area (Å²) in [5, 5.41) is 10.2. The molecule has 162 valence electrons. The third-order valence-corrected chi connectivity index (χ3v) is 8.03. The number of amides is 2. The highest BCUT2D eigenvalue weighted by Crippen LogP contribution is 2.65. The normalized spacial score (nSPS) is 31.1. The molecule has 1 N–H and O–H groups in total. The average Bonchev–Trinajstić information content (AvgIpc) is 3.61. The van der Waals surface area contributed by atoms with Gasteiger partial charge in [0.15, 0.2) is 0 Å². The number of carbonyl (C=O) groups excluding carboxylic acids is 2. The smallest absolute Gasteiger partial charge is 0.336 e. The van der Waals surface area contributed by atoms with Gasteiger partial charge in [0.05, 0.1) is 34.3 Å². The van der Waals surface area contributed by atoms with Crippen LogP contribution in [-0.2, 0) is 9.59 Å². The zero-order chi connectivity index (χ0) is 22.4. The van der Waals surface area contributed by atoms with Crippen molar-refractivity contribution >= 4 is 34.4 Å². The maximum absolute atomic E-state index is 13.3. The first kappa shape index (κ1) is 18.7. The molecule has 1 saturated heterocycles. The molecule has 6 heteroatoms. The minimum atomic E-state index is -1.01. The second kappa shape index (κ2) is 6.38. The van der Waals surface area contributed by atoms with Gasteiger partial charge in [-0.3, -0.25) is 14.5 Å². The summed E-state index contributed by atoms with van der Waals surface area (Å²) in [5.41, 5.74) is 2.62. The highest BCUT2D eigenvalue weighted by Gasteiger charge is 2.67. The maximum atomic E-state index is 13.3. The van der Waals surface area contributed by atoms with Crippen LogP contribution in [-0.4, -0.2) is 27.9 Å². The van der Waals surface area contributed by atoms with Crippen LogP contribution in [0.3, 0.4) is 0 Å². The molecule has 0 spiro atoms. The molecular formula is C27H20N2O4. The fraction of sp³-hybridized carbons (Fsp3) is 0.259. The molecule has 2 heterocycles. The van der Waals surface area contributed by atoms with E-state index in [1.807, 2.05) is 6.07 Å². The molecule has 5 aliphatic rings. The predicted molar refractivity (Wildman–Crippen MR) is 121 cm³/mol. The Bertz CT molecular complexity index is 1370. The number of hydrogen-bond acceptors (Lipinski definition) is 4. The van der Waals surface area contributed by atoms with Gasteiger partial charge in [0, 0.05) is 10.9 Å². The van der Waals surface area contributed by atoms with Gasteiger partial charge in [0.25, 0.3) is 0 Å². The Morgan fingerprint density at radius 2 is 1.55 bits per heavy atom. The molecule has 33 heavy (non-hydrogen) atoms. The van der Waals surface area contributed by atoms with Gasteiger partial charge < -0.3 is 5.11 Å². The minimum Gasteiger partial charge on any atom is -0.478 e. The number of nitrogens with zero attached hydrogens (tertiary/aromatic N) is 2. The molecule has 2 amide bonds. The maximum Gasteiger partial charge on any atom is 0.336 e. The van der Waals surface area contributed by atoms with Crippen molar-refractivity contribution in [3.05, 3.63) is 72.3 Å². The molecule has 8 rings (SSSR count). The molecule has 6 nitrogen and oxygen atoms in total. The lowest BCUT2D eigenvalue weighted by Crippen LogP contribution is -2.40. The van der Waals surface area contributed by atoms with Gasteiger partial charge in [-0.25, -0.2) is 9.78 Å². The number of anilines is 1.